The van der Waals surface area contributed by atoms with Crippen LogP contribution in [-0.2, 0) is 0 Å². The normalized spacial score (nSPS) is 15.9. The number of hydrogen-bond acceptors (Lipinski definition) is 3. The summed E-state index contributed by atoms with van der Waals surface area (Å²) in [7, 11) is 2.14. The molecule has 1 aliphatic carbocycles. The molecule has 1 saturated carbocycles. The summed E-state index contributed by atoms with van der Waals surface area (Å²) in [6, 6.07) is 6.99. The van der Waals surface area contributed by atoms with Crippen LogP contribution in [0.1, 0.15) is 42.6 Å². The molecule has 1 unspecified atom stereocenters. The first-order valence-corrected chi connectivity index (χ1v) is 7.87. The fraction of sp³-hybridized carbons (Fsp3) is 0.588. The van der Waals surface area contributed by atoms with Gasteiger partial charge in [0.25, 0.3) is 5.91 Å². The Morgan fingerprint density at radius 3 is 2.71 bits per heavy atom. The summed E-state index contributed by atoms with van der Waals surface area (Å²) in [5, 5.41) is 6.31. The Hall–Kier alpha value is -1.55. The van der Waals surface area contributed by atoms with Gasteiger partial charge in [0.05, 0.1) is 0 Å². The fourth-order valence-corrected chi connectivity index (χ4v) is 2.55. The van der Waals surface area contributed by atoms with Crippen LogP contribution in [0.3, 0.4) is 0 Å². The van der Waals surface area contributed by atoms with Gasteiger partial charge in [-0.25, -0.2) is 0 Å². The average Bonchev–Trinajstić information content (AvgIpc) is 3.28. The topological polar surface area (TPSA) is 44.4 Å². The van der Waals surface area contributed by atoms with E-state index in [1.54, 1.807) is 0 Å². The van der Waals surface area contributed by atoms with E-state index < -0.39 is 0 Å². The van der Waals surface area contributed by atoms with Gasteiger partial charge in [0.2, 0.25) is 0 Å². The Balaban J connectivity index is 1.90. The predicted molar refractivity (Wildman–Crippen MR) is 87.9 cm³/mol. The van der Waals surface area contributed by atoms with Crippen LogP contribution in [0.4, 0.5) is 5.69 Å². The smallest absolute Gasteiger partial charge is 0.251 e. The van der Waals surface area contributed by atoms with Crippen molar-refractivity contribution in [1.82, 2.24) is 10.2 Å². The SMILES string of the molecule is CCNc1ccc(C(=O)NCC(C)N(C)C2CC2)c(C)c1. The zero-order chi connectivity index (χ0) is 15.4. The minimum Gasteiger partial charge on any atom is -0.385 e. The molecule has 0 spiro atoms. The van der Waals surface area contributed by atoms with E-state index >= 15 is 0 Å². The minimum absolute atomic E-state index is 0.0200. The molecule has 21 heavy (non-hydrogen) atoms. The molecule has 4 nitrogen and oxygen atoms in total. The maximum absolute atomic E-state index is 12.3. The molecule has 1 amide bonds. The number of anilines is 1. The summed E-state index contributed by atoms with van der Waals surface area (Å²) < 4.78 is 0. The van der Waals surface area contributed by atoms with Gasteiger partial charge in [-0.1, -0.05) is 0 Å². The molecular formula is C17H27N3O. The second-order valence-electron chi connectivity index (χ2n) is 6.02. The molecule has 0 aliphatic heterocycles. The van der Waals surface area contributed by atoms with Crippen LogP contribution in [0, 0.1) is 6.92 Å². The number of rotatable bonds is 7. The van der Waals surface area contributed by atoms with Gasteiger partial charge in [-0.3, -0.25) is 9.69 Å². The number of nitrogens with one attached hydrogen (secondary N) is 2. The first-order chi connectivity index (χ1) is 10.0. The summed E-state index contributed by atoms with van der Waals surface area (Å²) in [4.78, 5) is 14.7. The summed E-state index contributed by atoms with van der Waals surface area (Å²) in [5.41, 5.74) is 2.83. The van der Waals surface area contributed by atoms with Gasteiger partial charge in [0.15, 0.2) is 0 Å². The van der Waals surface area contributed by atoms with Crippen LogP contribution in [-0.4, -0.2) is 43.0 Å². The molecule has 1 atom stereocenters. The molecule has 4 heteroatoms. The number of carbonyl (C=O) groups is 1. The van der Waals surface area contributed by atoms with E-state index in [0.29, 0.717) is 12.6 Å². The van der Waals surface area contributed by atoms with E-state index in [1.807, 2.05) is 25.1 Å². The van der Waals surface area contributed by atoms with Gasteiger partial charge in [0.1, 0.15) is 0 Å². The molecule has 116 valence electrons. The molecular weight excluding hydrogens is 262 g/mol. The van der Waals surface area contributed by atoms with Crippen molar-refractivity contribution in [3.8, 4) is 0 Å². The van der Waals surface area contributed by atoms with Gasteiger partial charge in [-0.15, -0.1) is 0 Å². The highest BCUT2D eigenvalue weighted by atomic mass is 16.1. The van der Waals surface area contributed by atoms with E-state index in [2.05, 4.69) is 36.4 Å². The Kier molecular flexibility index (Phi) is 5.23. The number of aryl methyl sites for hydroxylation is 1. The van der Waals surface area contributed by atoms with Crippen LogP contribution < -0.4 is 10.6 Å². The molecule has 2 N–H and O–H groups in total. The summed E-state index contributed by atoms with van der Waals surface area (Å²) >= 11 is 0. The lowest BCUT2D eigenvalue weighted by Gasteiger charge is -2.24. The van der Waals surface area contributed by atoms with Crippen LogP contribution in [0.5, 0.6) is 0 Å². The highest BCUT2D eigenvalue weighted by Crippen LogP contribution is 2.26. The van der Waals surface area contributed by atoms with Gasteiger partial charge < -0.3 is 10.6 Å². The highest BCUT2D eigenvalue weighted by Gasteiger charge is 2.29. The predicted octanol–water partition coefficient (Wildman–Crippen LogP) is 2.64. The molecule has 0 radical (unpaired) electrons. The molecule has 1 aliphatic rings. The van der Waals surface area contributed by atoms with Gasteiger partial charge in [0, 0.05) is 36.4 Å². The second kappa shape index (κ2) is 6.94. The van der Waals surface area contributed by atoms with Crippen LogP contribution >= 0.6 is 0 Å². The number of benzene rings is 1. The molecule has 0 saturated heterocycles. The van der Waals surface area contributed by atoms with Crippen molar-refractivity contribution in [3.63, 3.8) is 0 Å². The van der Waals surface area contributed by atoms with E-state index in [0.717, 1.165) is 29.4 Å². The Bertz CT molecular complexity index is 497. The van der Waals surface area contributed by atoms with Crippen molar-refractivity contribution in [2.45, 2.75) is 45.7 Å². The number of hydrogen-bond donors (Lipinski definition) is 2. The molecule has 1 aromatic carbocycles. The summed E-state index contributed by atoms with van der Waals surface area (Å²) in [5.74, 6) is 0.0200. The monoisotopic (exact) mass is 289 g/mol. The third-order valence-corrected chi connectivity index (χ3v) is 4.23. The largest absolute Gasteiger partial charge is 0.385 e. The lowest BCUT2D eigenvalue weighted by Crippen LogP contribution is -2.41. The van der Waals surface area contributed by atoms with Crippen molar-refractivity contribution in [2.75, 3.05) is 25.5 Å². The molecule has 2 rings (SSSR count). The quantitative estimate of drug-likeness (QED) is 0.811. The van der Waals surface area contributed by atoms with Gasteiger partial charge in [-0.05, 0) is 64.4 Å². The van der Waals surface area contributed by atoms with Gasteiger partial charge in [-0.2, -0.15) is 0 Å². The van der Waals surface area contributed by atoms with Crippen molar-refractivity contribution in [1.29, 1.82) is 0 Å². The van der Waals surface area contributed by atoms with E-state index in [1.165, 1.54) is 12.8 Å². The highest BCUT2D eigenvalue weighted by molar-refractivity contribution is 5.96. The number of amides is 1. The number of nitrogens with zero attached hydrogens (tertiary/aromatic N) is 1. The fourth-order valence-electron chi connectivity index (χ4n) is 2.55. The van der Waals surface area contributed by atoms with Crippen molar-refractivity contribution in [3.05, 3.63) is 29.3 Å². The van der Waals surface area contributed by atoms with Crippen molar-refractivity contribution >= 4 is 11.6 Å². The zero-order valence-electron chi connectivity index (χ0n) is 13.6. The van der Waals surface area contributed by atoms with Crippen molar-refractivity contribution < 1.29 is 4.79 Å². The summed E-state index contributed by atoms with van der Waals surface area (Å²) in [6.07, 6.45) is 2.58. The third-order valence-electron chi connectivity index (χ3n) is 4.23. The number of carbonyl (C=O) groups excluding carboxylic acids is 1. The maximum Gasteiger partial charge on any atom is 0.251 e. The molecule has 1 aromatic rings. The second-order valence-corrected chi connectivity index (χ2v) is 6.02. The third kappa shape index (κ3) is 4.21. The first kappa shape index (κ1) is 15.8. The van der Waals surface area contributed by atoms with Crippen LogP contribution in [0.15, 0.2) is 18.2 Å². The van der Waals surface area contributed by atoms with Gasteiger partial charge >= 0.3 is 0 Å². The van der Waals surface area contributed by atoms with Crippen LogP contribution in [0.25, 0.3) is 0 Å². The molecule has 0 bridgehead atoms. The first-order valence-electron chi connectivity index (χ1n) is 7.87. The Labute approximate surface area is 127 Å². The Morgan fingerprint density at radius 2 is 2.14 bits per heavy atom. The standard InChI is InChI=1S/C17H27N3O/c1-5-18-14-6-9-16(12(2)10-14)17(21)19-11-13(3)20(4)15-7-8-15/h6,9-10,13,15,18H,5,7-8,11H2,1-4H3,(H,19,21). The summed E-state index contributed by atoms with van der Waals surface area (Å²) in [6.45, 7) is 7.79. The average molecular weight is 289 g/mol. The van der Waals surface area contributed by atoms with Crippen LogP contribution in [0.2, 0.25) is 0 Å². The molecule has 1 fully saturated rings. The van der Waals surface area contributed by atoms with E-state index in [-0.39, 0.29) is 5.91 Å². The Morgan fingerprint density at radius 1 is 1.43 bits per heavy atom. The minimum atomic E-state index is 0.0200. The number of likely N-dealkylation sites (N-methyl/N-ethyl adjacent to an activating group) is 1. The van der Waals surface area contributed by atoms with E-state index in [9.17, 15) is 4.79 Å². The molecule has 0 heterocycles. The lowest BCUT2D eigenvalue weighted by molar-refractivity contribution is 0.0939. The van der Waals surface area contributed by atoms with Crippen molar-refractivity contribution in [2.24, 2.45) is 0 Å². The van der Waals surface area contributed by atoms with E-state index in [4.69, 9.17) is 0 Å². The maximum atomic E-state index is 12.3. The molecule has 0 aromatic heterocycles. The lowest BCUT2D eigenvalue weighted by atomic mass is 10.1. The zero-order valence-corrected chi connectivity index (χ0v) is 13.6.